The van der Waals surface area contributed by atoms with E-state index < -0.39 is 6.17 Å². The zero-order valence-corrected chi connectivity index (χ0v) is 37.3. The van der Waals surface area contributed by atoms with Gasteiger partial charge in [0.25, 0.3) is 0 Å². The average molecular weight is 884 g/mol. The molecule has 14 rings (SSSR count). The Morgan fingerprint density at radius 2 is 0.986 bits per heavy atom. The Bertz CT molecular complexity index is 4220. The van der Waals surface area contributed by atoms with Crippen molar-refractivity contribution in [1.29, 1.82) is 0 Å². The maximum Gasteiger partial charge on any atom is 0.161 e. The van der Waals surface area contributed by atoms with Crippen LogP contribution in [0.1, 0.15) is 22.9 Å². The van der Waals surface area contributed by atoms with Gasteiger partial charge >= 0.3 is 0 Å². The van der Waals surface area contributed by atoms with Crippen LogP contribution >= 0.6 is 0 Å². The summed E-state index contributed by atoms with van der Waals surface area (Å²) in [4.78, 5) is 10.9. The molecule has 6 nitrogen and oxygen atoms in total. The molecule has 1 unspecified atom stereocenters. The lowest BCUT2D eigenvalue weighted by molar-refractivity contribution is 0.663. The second kappa shape index (κ2) is 15.7. The van der Waals surface area contributed by atoms with E-state index in [1.54, 1.807) is 0 Å². The number of amidine groups is 2. The lowest BCUT2D eigenvalue weighted by atomic mass is 9.95. The Morgan fingerprint density at radius 1 is 0.391 bits per heavy atom. The van der Waals surface area contributed by atoms with Crippen LogP contribution in [0, 0.1) is 0 Å². The first kappa shape index (κ1) is 39.0. The Balaban J connectivity index is 1.02. The molecule has 3 aromatic heterocycles. The molecule has 4 heterocycles. The van der Waals surface area contributed by atoms with Crippen molar-refractivity contribution in [2.24, 2.45) is 9.98 Å². The van der Waals surface area contributed by atoms with Gasteiger partial charge in [-0.1, -0.05) is 170 Å². The standard InChI is InChI=1S/C63H41N5O/c1-4-18-40(19-5-1)42-34-36-49-56(39-42)68(55-32-17-28-47(60(49)55)46-27-16-31-54-59(46)48-25-10-13-29-52(48)67(54)44-22-8-3-9-23-44)53-30-14-11-26-50(53)63-65-61(41-20-6-2-7-21-41)64-62(66-63)43-35-37-58-51(38-43)45-24-12-15-33-57(45)69-58/h1-39,62H,(H,64,65,66). The third kappa shape index (κ3) is 6.26. The number of aromatic nitrogens is 2. The summed E-state index contributed by atoms with van der Waals surface area (Å²) >= 11 is 0. The first-order valence-corrected chi connectivity index (χ1v) is 23.4. The molecule has 0 amide bonds. The predicted molar refractivity (Wildman–Crippen MR) is 285 cm³/mol. The van der Waals surface area contributed by atoms with E-state index in [0.29, 0.717) is 5.84 Å². The smallest absolute Gasteiger partial charge is 0.161 e. The maximum atomic E-state index is 6.25. The topological polar surface area (TPSA) is 59.8 Å². The summed E-state index contributed by atoms with van der Waals surface area (Å²) in [6, 6.07) is 84.1. The molecule has 13 aromatic rings. The van der Waals surface area contributed by atoms with Crippen molar-refractivity contribution in [3.05, 3.63) is 253 Å². The lowest BCUT2D eigenvalue weighted by Gasteiger charge is -2.24. The molecule has 1 atom stereocenters. The molecule has 0 saturated carbocycles. The van der Waals surface area contributed by atoms with Crippen LogP contribution in [0.2, 0.25) is 0 Å². The van der Waals surface area contributed by atoms with Gasteiger partial charge in [-0.2, -0.15) is 0 Å². The summed E-state index contributed by atoms with van der Waals surface area (Å²) < 4.78 is 11.1. The van der Waals surface area contributed by atoms with Gasteiger partial charge in [0.15, 0.2) is 5.84 Å². The van der Waals surface area contributed by atoms with Crippen LogP contribution in [-0.4, -0.2) is 20.8 Å². The van der Waals surface area contributed by atoms with Crippen molar-refractivity contribution in [3.63, 3.8) is 0 Å². The van der Waals surface area contributed by atoms with E-state index in [4.69, 9.17) is 14.4 Å². The van der Waals surface area contributed by atoms with Crippen LogP contribution < -0.4 is 5.32 Å². The van der Waals surface area contributed by atoms with Crippen molar-refractivity contribution in [2.75, 3.05) is 0 Å². The second-order valence-corrected chi connectivity index (χ2v) is 17.7. The monoisotopic (exact) mass is 883 g/mol. The molecule has 324 valence electrons. The third-order valence-electron chi connectivity index (χ3n) is 13.8. The molecule has 0 bridgehead atoms. The Labute approximate surface area is 397 Å². The van der Waals surface area contributed by atoms with Crippen molar-refractivity contribution in [1.82, 2.24) is 14.5 Å². The van der Waals surface area contributed by atoms with E-state index in [9.17, 15) is 0 Å². The highest BCUT2D eigenvalue weighted by Crippen LogP contribution is 2.45. The quantitative estimate of drug-likeness (QED) is 0.173. The van der Waals surface area contributed by atoms with Gasteiger partial charge in [-0.3, -0.25) is 0 Å². The average Bonchev–Trinajstić information content (AvgIpc) is 4.09. The molecule has 0 spiro atoms. The van der Waals surface area contributed by atoms with Crippen molar-refractivity contribution in [2.45, 2.75) is 6.17 Å². The maximum absolute atomic E-state index is 6.25. The molecular weight excluding hydrogens is 843 g/mol. The molecule has 69 heavy (non-hydrogen) atoms. The van der Waals surface area contributed by atoms with Crippen molar-refractivity contribution >= 4 is 77.2 Å². The minimum absolute atomic E-state index is 0.424. The fourth-order valence-corrected chi connectivity index (χ4v) is 10.7. The summed E-state index contributed by atoms with van der Waals surface area (Å²) in [5.41, 5.74) is 16.0. The largest absolute Gasteiger partial charge is 0.456 e. The number of rotatable bonds is 7. The number of aliphatic imine (C=N–C) groups is 2. The molecule has 1 aliphatic rings. The zero-order chi connectivity index (χ0) is 45.4. The third-order valence-corrected chi connectivity index (χ3v) is 13.8. The number of hydrogen-bond acceptors (Lipinski definition) is 4. The van der Waals surface area contributed by atoms with Crippen molar-refractivity contribution in [3.8, 4) is 33.6 Å². The number of nitrogens with zero attached hydrogens (tertiary/aromatic N) is 4. The molecule has 0 saturated heterocycles. The molecule has 0 fully saturated rings. The van der Waals surface area contributed by atoms with Gasteiger partial charge in [-0.05, 0) is 94.5 Å². The summed E-state index contributed by atoms with van der Waals surface area (Å²) in [6.07, 6.45) is -0.424. The number of fused-ring (bicyclic) bond motifs is 9. The van der Waals surface area contributed by atoms with Crippen LogP contribution in [0.15, 0.2) is 251 Å². The highest BCUT2D eigenvalue weighted by Gasteiger charge is 2.26. The molecule has 0 aliphatic carbocycles. The van der Waals surface area contributed by atoms with Gasteiger partial charge < -0.3 is 18.9 Å². The lowest BCUT2D eigenvalue weighted by Crippen LogP contribution is -2.33. The normalized spacial score (nSPS) is 13.9. The highest BCUT2D eigenvalue weighted by molar-refractivity contribution is 6.23. The van der Waals surface area contributed by atoms with E-state index in [0.717, 1.165) is 83.4 Å². The number of hydrogen-bond donors (Lipinski definition) is 1. The van der Waals surface area contributed by atoms with Gasteiger partial charge in [-0.15, -0.1) is 0 Å². The van der Waals surface area contributed by atoms with Gasteiger partial charge in [0, 0.05) is 49.1 Å². The van der Waals surface area contributed by atoms with Gasteiger partial charge in [-0.25, -0.2) is 9.98 Å². The number of para-hydroxylation sites is 4. The molecule has 6 heteroatoms. The fourth-order valence-electron chi connectivity index (χ4n) is 10.7. The summed E-state index contributed by atoms with van der Waals surface area (Å²) in [5, 5.41) is 10.7. The van der Waals surface area contributed by atoms with Crippen LogP contribution in [0.3, 0.4) is 0 Å². The van der Waals surface area contributed by atoms with E-state index in [1.165, 1.54) is 38.3 Å². The minimum atomic E-state index is -0.424. The highest BCUT2D eigenvalue weighted by atomic mass is 16.3. The van der Waals surface area contributed by atoms with Gasteiger partial charge in [0.1, 0.15) is 23.2 Å². The molecular formula is C63H41N5O. The van der Waals surface area contributed by atoms with Crippen LogP contribution in [0.5, 0.6) is 0 Å². The first-order valence-electron chi connectivity index (χ1n) is 23.4. The van der Waals surface area contributed by atoms with Gasteiger partial charge in [0.2, 0.25) is 0 Å². The predicted octanol–water partition coefficient (Wildman–Crippen LogP) is 15.6. The second-order valence-electron chi connectivity index (χ2n) is 17.7. The number of furan rings is 1. The molecule has 1 aliphatic heterocycles. The summed E-state index contributed by atoms with van der Waals surface area (Å²) in [5.74, 6) is 1.41. The van der Waals surface area contributed by atoms with E-state index >= 15 is 0 Å². The molecule has 1 N–H and O–H groups in total. The number of nitrogens with one attached hydrogen (secondary N) is 1. The van der Waals surface area contributed by atoms with Crippen LogP contribution in [-0.2, 0) is 0 Å². The van der Waals surface area contributed by atoms with E-state index in [-0.39, 0.29) is 0 Å². The first-order chi connectivity index (χ1) is 34.2. The van der Waals surface area contributed by atoms with Crippen LogP contribution in [0.4, 0.5) is 0 Å². The van der Waals surface area contributed by atoms with Crippen LogP contribution in [0.25, 0.3) is 99.2 Å². The summed E-state index contributed by atoms with van der Waals surface area (Å²) in [6.45, 7) is 0. The molecule has 0 radical (unpaired) electrons. The van der Waals surface area contributed by atoms with Gasteiger partial charge in [0.05, 0.1) is 27.8 Å². The Kier molecular flexibility index (Phi) is 8.86. The minimum Gasteiger partial charge on any atom is -0.456 e. The SMILES string of the molecule is c1ccc(C2=NC(c3ccccc3-n3c4cc(-c5ccccc5)ccc4c4c(-c5cccc6c5c5ccccc5n6-c5ccccc5)cccc43)=NC(c3ccc4oc5ccccc5c4c3)N2)cc1. The number of benzene rings is 10. The van der Waals surface area contributed by atoms with E-state index in [1.807, 2.05) is 18.2 Å². The zero-order valence-electron chi connectivity index (χ0n) is 37.3. The summed E-state index contributed by atoms with van der Waals surface area (Å²) in [7, 11) is 0. The van der Waals surface area contributed by atoms with Crippen molar-refractivity contribution < 1.29 is 4.42 Å². The Hall–Kier alpha value is -9.26. The fraction of sp³-hybridized carbons (Fsp3) is 0.0159. The molecule has 10 aromatic carbocycles. The van der Waals surface area contributed by atoms with E-state index in [2.05, 4.69) is 233 Å². The Morgan fingerprint density at radius 3 is 1.77 bits per heavy atom.